The van der Waals surface area contributed by atoms with Gasteiger partial charge in [0.2, 0.25) is 10.0 Å². The van der Waals surface area contributed by atoms with Crippen molar-refractivity contribution in [3.8, 4) is 22.7 Å². The number of carbonyl (C=O) groups is 1. The fourth-order valence-electron chi connectivity index (χ4n) is 2.58. The molecular weight excluding hydrogens is 427 g/mol. The van der Waals surface area contributed by atoms with E-state index in [1.54, 1.807) is 12.1 Å². The second-order valence-corrected chi connectivity index (χ2v) is 8.08. The van der Waals surface area contributed by atoms with Crippen LogP contribution in [-0.4, -0.2) is 31.2 Å². The molecule has 4 N–H and O–H groups in total. The molecule has 3 rings (SSSR count). The summed E-state index contributed by atoms with van der Waals surface area (Å²) in [5.41, 5.74) is 6.84. The lowest BCUT2D eigenvalue weighted by molar-refractivity contribution is 0.0995. The minimum atomic E-state index is -3.84. The van der Waals surface area contributed by atoms with E-state index in [1.807, 2.05) is 0 Å². The van der Waals surface area contributed by atoms with E-state index in [9.17, 15) is 13.2 Å². The highest BCUT2D eigenvalue weighted by Gasteiger charge is 2.18. The molecule has 0 radical (unpaired) electrons. The Balaban J connectivity index is 2.19. The maximum absolute atomic E-state index is 11.6. The maximum atomic E-state index is 11.6. The van der Waals surface area contributed by atoms with Gasteiger partial charge in [0.25, 0.3) is 5.91 Å². The van der Waals surface area contributed by atoms with Crippen LogP contribution < -0.4 is 15.6 Å². The Bertz CT molecular complexity index is 1150. The molecule has 146 valence electrons. The van der Waals surface area contributed by atoms with Crippen molar-refractivity contribution in [2.75, 3.05) is 7.11 Å². The third-order valence-electron chi connectivity index (χ3n) is 3.87. The van der Waals surface area contributed by atoms with Gasteiger partial charge in [-0.3, -0.25) is 4.79 Å². The standard InChI is InChI=1S/C17H14Cl2N4O4S/c1-27-16-12(18)6-9(7-13(16)19)15-8-14(17(20)24)22-23(15)10-2-4-11(5-3-10)28(21,25)26/h2-8H,1H3,(H2,20,24)(H2,21,25,26). The van der Waals surface area contributed by atoms with Crippen molar-refractivity contribution in [1.29, 1.82) is 0 Å². The van der Waals surface area contributed by atoms with Gasteiger partial charge in [0.15, 0.2) is 11.4 Å². The molecule has 0 bridgehead atoms. The monoisotopic (exact) mass is 440 g/mol. The summed E-state index contributed by atoms with van der Waals surface area (Å²) >= 11 is 12.4. The van der Waals surface area contributed by atoms with Gasteiger partial charge >= 0.3 is 0 Å². The van der Waals surface area contributed by atoms with Gasteiger partial charge in [-0.1, -0.05) is 23.2 Å². The van der Waals surface area contributed by atoms with Crippen molar-refractivity contribution < 1.29 is 17.9 Å². The smallest absolute Gasteiger partial charge is 0.269 e. The van der Waals surface area contributed by atoms with Gasteiger partial charge in [-0.25, -0.2) is 18.2 Å². The molecule has 1 aromatic heterocycles. The predicted octanol–water partition coefficient (Wildman–Crippen LogP) is 2.60. The third-order valence-corrected chi connectivity index (χ3v) is 5.36. The molecule has 3 aromatic rings. The Morgan fingerprint density at radius 1 is 1.11 bits per heavy atom. The van der Waals surface area contributed by atoms with E-state index >= 15 is 0 Å². The van der Waals surface area contributed by atoms with Gasteiger partial charge in [-0.2, -0.15) is 5.10 Å². The van der Waals surface area contributed by atoms with Gasteiger partial charge < -0.3 is 10.5 Å². The number of carbonyl (C=O) groups excluding carboxylic acids is 1. The van der Waals surface area contributed by atoms with Crippen LogP contribution in [-0.2, 0) is 10.0 Å². The number of benzene rings is 2. The van der Waals surface area contributed by atoms with Gasteiger partial charge in [0.1, 0.15) is 0 Å². The van der Waals surface area contributed by atoms with E-state index in [-0.39, 0.29) is 20.6 Å². The number of nitrogens with two attached hydrogens (primary N) is 2. The summed E-state index contributed by atoms with van der Waals surface area (Å²) in [6, 6.07) is 10.3. The number of nitrogens with zero attached hydrogens (tertiary/aromatic N) is 2. The van der Waals surface area contributed by atoms with Crippen LogP contribution in [0.1, 0.15) is 10.5 Å². The molecule has 8 nitrogen and oxygen atoms in total. The van der Waals surface area contributed by atoms with Crippen molar-refractivity contribution in [1.82, 2.24) is 9.78 Å². The Morgan fingerprint density at radius 2 is 1.68 bits per heavy atom. The normalized spacial score (nSPS) is 11.4. The number of sulfonamides is 1. The zero-order valence-electron chi connectivity index (χ0n) is 14.4. The molecular formula is C17H14Cl2N4O4S. The summed E-state index contributed by atoms with van der Waals surface area (Å²) in [4.78, 5) is 11.6. The van der Waals surface area contributed by atoms with Crippen LogP contribution >= 0.6 is 23.2 Å². The number of aromatic nitrogens is 2. The Hall–Kier alpha value is -2.59. The lowest BCUT2D eigenvalue weighted by Gasteiger charge is -2.11. The molecule has 0 atom stereocenters. The summed E-state index contributed by atoms with van der Waals surface area (Å²) in [5, 5.41) is 9.85. The minimum absolute atomic E-state index is 0.00795. The lowest BCUT2D eigenvalue weighted by atomic mass is 10.1. The van der Waals surface area contributed by atoms with Gasteiger partial charge in [0.05, 0.1) is 33.4 Å². The van der Waals surface area contributed by atoms with Crippen LogP contribution in [0.2, 0.25) is 10.0 Å². The Labute approximate surface area is 170 Å². The number of amides is 1. The van der Waals surface area contributed by atoms with Crippen molar-refractivity contribution in [2.45, 2.75) is 4.90 Å². The molecule has 0 aliphatic carbocycles. The number of rotatable bonds is 5. The number of halogens is 2. The first-order chi connectivity index (χ1) is 13.1. The molecule has 28 heavy (non-hydrogen) atoms. The average Bonchev–Trinajstić information content (AvgIpc) is 3.06. The predicted molar refractivity (Wildman–Crippen MR) is 105 cm³/mol. The summed E-state index contributed by atoms with van der Waals surface area (Å²) in [6.45, 7) is 0. The first-order valence-electron chi connectivity index (χ1n) is 7.68. The first-order valence-corrected chi connectivity index (χ1v) is 9.98. The van der Waals surface area contributed by atoms with Crippen molar-refractivity contribution in [2.24, 2.45) is 10.9 Å². The van der Waals surface area contributed by atoms with E-state index in [2.05, 4.69) is 5.10 Å². The van der Waals surface area contributed by atoms with Crippen LogP contribution in [0.25, 0.3) is 16.9 Å². The molecule has 0 saturated carbocycles. The molecule has 0 saturated heterocycles. The summed E-state index contributed by atoms with van der Waals surface area (Å²) in [6.07, 6.45) is 0. The molecule has 0 aliphatic heterocycles. The SMILES string of the molecule is COc1c(Cl)cc(-c2cc(C(N)=O)nn2-c2ccc(S(N)(=O)=O)cc2)cc1Cl. The van der Waals surface area contributed by atoms with Gasteiger partial charge in [-0.05, 0) is 42.5 Å². The largest absolute Gasteiger partial charge is 0.494 e. The molecule has 0 spiro atoms. The fourth-order valence-corrected chi connectivity index (χ4v) is 3.74. The number of hydrogen-bond donors (Lipinski definition) is 2. The maximum Gasteiger partial charge on any atom is 0.269 e. The van der Waals surface area contributed by atoms with Crippen LogP contribution in [0.3, 0.4) is 0 Å². The zero-order valence-corrected chi connectivity index (χ0v) is 16.7. The van der Waals surface area contributed by atoms with Crippen molar-refractivity contribution in [3.05, 3.63) is 58.2 Å². The molecule has 0 unspecified atom stereocenters. The topological polar surface area (TPSA) is 130 Å². The van der Waals surface area contributed by atoms with Crippen LogP contribution in [0.4, 0.5) is 0 Å². The highest BCUT2D eigenvalue weighted by molar-refractivity contribution is 7.89. The Morgan fingerprint density at radius 3 is 2.14 bits per heavy atom. The number of hydrogen-bond acceptors (Lipinski definition) is 5. The summed E-state index contributed by atoms with van der Waals surface area (Å²) in [7, 11) is -2.40. The first kappa shape index (κ1) is 20.2. The number of methoxy groups -OCH3 is 1. The quantitative estimate of drug-likeness (QED) is 0.629. The molecule has 11 heteroatoms. The van der Waals surface area contributed by atoms with Gasteiger partial charge in [-0.15, -0.1) is 0 Å². The average molecular weight is 441 g/mol. The number of primary amides is 1. The van der Waals surface area contributed by atoms with Crippen molar-refractivity contribution in [3.63, 3.8) is 0 Å². The van der Waals surface area contributed by atoms with E-state index < -0.39 is 15.9 Å². The minimum Gasteiger partial charge on any atom is -0.494 e. The molecule has 1 heterocycles. The summed E-state index contributed by atoms with van der Waals surface area (Å²) in [5.74, 6) is -0.419. The van der Waals surface area contributed by atoms with Crippen LogP contribution in [0.5, 0.6) is 5.75 Å². The van der Waals surface area contributed by atoms with Gasteiger partial charge in [0, 0.05) is 5.56 Å². The van der Waals surface area contributed by atoms with Crippen LogP contribution in [0, 0.1) is 0 Å². The molecule has 2 aromatic carbocycles. The molecule has 0 fully saturated rings. The second kappa shape index (κ2) is 7.44. The van der Waals surface area contributed by atoms with E-state index in [1.165, 1.54) is 42.1 Å². The summed E-state index contributed by atoms with van der Waals surface area (Å²) < 4.78 is 29.5. The third kappa shape index (κ3) is 3.83. The number of ether oxygens (including phenoxy) is 1. The molecule has 1 amide bonds. The van der Waals surface area contributed by atoms with Crippen molar-refractivity contribution >= 4 is 39.1 Å². The lowest BCUT2D eigenvalue weighted by Crippen LogP contribution is -2.13. The zero-order chi connectivity index (χ0) is 20.6. The highest BCUT2D eigenvalue weighted by Crippen LogP contribution is 2.38. The Kier molecular flexibility index (Phi) is 5.35. The second-order valence-electron chi connectivity index (χ2n) is 5.70. The number of primary sulfonamides is 1. The van der Waals surface area contributed by atoms with E-state index in [0.29, 0.717) is 22.7 Å². The molecule has 0 aliphatic rings. The van der Waals surface area contributed by atoms with E-state index in [0.717, 1.165) is 0 Å². The van der Waals surface area contributed by atoms with E-state index in [4.69, 9.17) is 38.8 Å². The highest BCUT2D eigenvalue weighted by atomic mass is 35.5. The van der Waals surface area contributed by atoms with Crippen LogP contribution in [0.15, 0.2) is 47.4 Å². The fraction of sp³-hybridized carbons (Fsp3) is 0.0588.